The van der Waals surface area contributed by atoms with Gasteiger partial charge in [-0.05, 0) is 62.2 Å². The number of amides is 1. The van der Waals surface area contributed by atoms with Crippen LogP contribution in [0.1, 0.15) is 45.4 Å². The first-order valence-corrected chi connectivity index (χ1v) is 7.06. The van der Waals surface area contributed by atoms with E-state index in [1.165, 1.54) is 38.5 Å². The highest BCUT2D eigenvalue weighted by atomic mass is 16.1. The molecule has 0 aliphatic heterocycles. The van der Waals surface area contributed by atoms with Crippen LogP contribution in [0.2, 0.25) is 0 Å². The predicted octanol–water partition coefficient (Wildman–Crippen LogP) is 2.90. The maximum Gasteiger partial charge on any atom is 0.246 e. The van der Waals surface area contributed by atoms with Gasteiger partial charge in [-0.1, -0.05) is 13.0 Å². The third-order valence-electron chi connectivity index (χ3n) is 5.63. The Morgan fingerprint density at radius 2 is 2.24 bits per heavy atom. The standard InChI is InChI=1S/C15H23NO/c1-10(2)14(17)16-9-15-7-6-11(8-15)12-4-3-5-13(12)15/h11-13H,1,3-9H2,2H3,(H,16,17). The van der Waals surface area contributed by atoms with Crippen molar-refractivity contribution >= 4 is 5.91 Å². The molecule has 94 valence electrons. The van der Waals surface area contributed by atoms with Gasteiger partial charge in [-0.25, -0.2) is 0 Å². The van der Waals surface area contributed by atoms with Crippen molar-refractivity contribution < 1.29 is 4.79 Å². The zero-order chi connectivity index (χ0) is 12.0. The topological polar surface area (TPSA) is 29.1 Å². The lowest BCUT2D eigenvalue weighted by Crippen LogP contribution is -2.40. The van der Waals surface area contributed by atoms with E-state index in [0.29, 0.717) is 11.0 Å². The average Bonchev–Trinajstić information content (AvgIpc) is 2.97. The van der Waals surface area contributed by atoms with Crippen LogP contribution in [0.3, 0.4) is 0 Å². The summed E-state index contributed by atoms with van der Waals surface area (Å²) in [6.07, 6.45) is 8.40. The highest BCUT2D eigenvalue weighted by molar-refractivity contribution is 5.92. The van der Waals surface area contributed by atoms with Gasteiger partial charge < -0.3 is 5.32 Å². The fraction of sp³-hybridized carbons (Fsp3) is 0.800. The molecule has 2 bridgehead atoms. The molecule has 3 aliphatic rings. The van der Waals surface area contributed by atoms with Gasteiger partial charge in [0, 0.05) is 12.1 Å². The molecule has 0 radical (unpaired) electrons. The minimum atomic E-state index is 0.0456. The second-order valence-electron chi connectivity index (χ2n) is 6.53. The van der Waals surface area contributed by atoms with Crippen molar-refractivity contribution in [2.24, 2.45) is 23.2 Å². The zero-order valence-corrected chi connectivity index (χ0v) is 10.8. The summed E-state index contributed by atoms with van der Waals surface area (Å²) in [5, 5.41) is 3.12. The van der Waals surface area contributed by atoms with E-state index < -0.39 is 0 Å². The quantitative estimate of drug-likeness (QED) is 0.746. The summed E-state index contributed by atoms with van der Waals surface area (Å²) in [6.45, 7) is 6.40. The maximum atomic E-state index is 11.7. The lowest BCUT2D eigenvalue weighted by atomic mass is 9.71. The average molecular weight is 233 g/mol. The second kappa shape index (κ2) is 3.86. The third-order valence-corrected chi connectivity index (χ3v) is 5.63. The van der Waals surface area contributed by atoms with Crippen LogP contribution in [0.4, 0.5) is 0 Å². The minimum absolute atomic E-state index is 0.0456. The van der Waals surface area contributed by atoms with Crippen LogP contribution in [-0.2, 0) is 4.79 Å². The molecule has 0 heterocycles. The maximum absolute atomic E-state index is 11.7. The van der Waals surface area contributed by atoms with Crippen LogP contribution in [0.25, 0.3) is 0 Å². The van der Waals surface area contributed by atoms with E-state index in [-0.39, 0.29) is 5.91 Å². The number of carbonyl (C=O) groups is 1. The van der Waals surface area contributed by atoms with Crippen molar-refractivity contribution in [1.82, 2.24) is 5.32 Å². The van der Waals surface area contributed by atoms with Crippen LogP contribution in [0.5, 0.6) is 0 Å². The Balaban J connectivity index is 1.69. The number of carbonyl (C=O) groups excluding carboxylic acids is 1. The van der Waals surface area contributed by atoms with Gasteiger partial charge in [-0.2, -0.15) is 0 Å². The molecule has 3 aliphatic carbocycles. The van der Waals surface area contributed by atoms with Crippen molar-refractivity contribution in [2.75, 3.05) is 6.54 Å². The van der Waals surface area contributed by atoms with Crippen LogP contribution >= 0.6 is 0 Å². The van der Waals surface area contributed by atoms with Gasteiger partial charge in [-0.15, -0.1) is 0 Å². The first kappa shape index (κ1) is 11.3. The lowest BCUT2D eigenvalue weighted by Gasteiger charge is -2.36. The smallest absolute Gasteiger partial charge is 0.246 e. The van der Waals surface area contributed by atoms with Crippen molar-refractivity contribution in [3.05, 3.63) is 12.2 Å². The monoisotopic (exact) mass is 233 g/mol. The van der Waals surface area contributed by atoms with Crippen molar-refractivity contribution in [2.45, 2.75) is 45.4 Å². The van der Waals surface area contributed by atoms with Crippen LogP contribution in [0.15, 0.2) is 12.2 Å². The summed E-state index contributed by atoms with van der Waals surface area (Å²) in [7, 11) is 0. The summed E-state index contributed by atoms with van der Waals surface area (Å²) in [5.74, 6) is 2.92. The molecule has 3 fully saturated rings. The van der Waals surface area contributed by atoms with Gasteiger partial charge in [0.05, 0.1) is 0 Å². The van der Waals surface area contributed by atoms with Gasteiger partial charge in [0.2, 0.25) is 5.91 Å². The molecule has 1 amide bonds. The van der Waals surface area contributed by atoms with Gasteiger partial charge in [0.1, 0.15) is 0 Å². The van der Waals surface area contributed by atoms with Crippen LogP contribution in [-0.4, -0.2) is 12.5 Å². The third kappa shape index (κ3) is 1.64. The number of hydrogen-bond donors (Lipinski definition) is 1. The van der Waals surface area contributed by atoms with E-state index in [1.54, 1.807) is 6.92 Å². The Kier molecular flexibility index (Phi) is 2.57. The number of rotatable bonds is 3. The van der Waals surface area contributed by atoms with E-state index in [2.05, 4.69) is 11.9 Å². The van der Waals surface area contributed by atoms with E-state index in [0.717, 1.165) is 24.3 Å². The van der Waals surface area contributed by atoms with Gasteiger partial charge in [-0.3, -0.25) is 4.79 Å². The fourth-order valence-electron chi connectivity index (χ4n) is 4.91. The van der Waals surface area contributed by atoms with Gasteiger partial charge in [0.25, 0.3) is 0 Å². The zero-order valence-electron chi connectivity index (χ0n) is 10.8. The summed E-state index contributed by atoms with van der Waals surface area (Å²) < 4.78 is 0. The molecule has 0 saturated heterocycles. The Bertz CT molecular complexity index is 362. The van der Waals surface area contributed by atoms with Crippen molar-refractivity contribution in [3.63, 3.8) is 0 Å². The molecule has 3 saturated carbocycles. The van der Waals surface area contributed by atoms with Crippen molar-refractivity contribution in [1.29, 1.82) is 0 Å². The molecule has 0 aromatic carbocycles. The SMILES string of the molecule is C=C(C)C(=O)NCC12CCC(C1)C1CCCC12. The van der Waals surface area contributed by atoms with Crippen LogP contribution < -0.4 is 5.32 Å². The molecule has 1 N–H and O–H groups in total. The van der Waals surface area contributed by atoms with Crippen LogP contribution in [0, 0.1) is 23.2 Å². The minimum Gasteiger partial charge on any atom is -0.352 e. The molecule has 3 rings (SSSR count). The highest BCUT2D eigenvalue weighted by Gasteiger charge is 2.58. The molecule has 4 atom stereocenters. The van der Waals surface area contributed by atoms with E-state index >= 15 is 0 Å². The molecular formula is C15H23NO. The Labute approximate surface area is 104 Å². The van der Waals surface area contributed by atoms with Crippen molar-refractivity contribution in [3.8, 4) is 0 Å². The summed E-state index contributed by atoms with van der Waals surface area (Å²) in [6, 6.07) is 0. The largest absolute Gasteiger partial charge is 0.352 e. The Hall–Kier alpha value is -0.790. The number of fused-ring (bicyclic) bond motifs is 5. The summed E-state index contributed by atoms with van der Waals surface area (Å²) in [5.41, 5.74) is 1.09. The van der Waals surface area contributed by atoms with E-state index in [1.807, 2.05) is 0 Å². The molecule has 2 heteroatoms. The molecule has 0 aromatic heterocycles. The summed E-state index contributed by atoms with van der Waals surface area (Å²) in [4.78, 5) is 11.7. The molecule has 2 nitrogen and oxygen atoms in total. The molecule has 4 unspecified atom stereocenters. The molecule has 17 heavy (non-hydrogen) atoms. The number of hydrogen-bond acceptors (Lipinski definition) is 1. The normalized spacial score (nSPS) is 42.5. The summed E-state index contributed by atoms with van der Waals surface area (Å²) >= 11 is 0. The first-order valence-electron chi connectivity index (χ1n) is 7.06. The Morgan fingerprint density at radius 3 is 3.00 bits per heavy atom. The second-order valence-corrected chi connectivity index (χ2v) is 6.53. The first-order chi connectivity index (χ1) is 8.12. The van der Waals surface area contributed by atoms with E-state index in [9.17, 15) is 4.79 Å². The van der Waals surface area contributed by atoms with Gasteiger partial charge in [0.15, 0.2) is 0 Å². The van der Waals surface area contributed by atoms with E-state index in [4.69, 9.17) is 0 Å². The fourth-order valence-corrected chi connectivity index (χ4v) is 4.91. The molecule has 0 aromatic rings. The highest BCUT2D eigenvalue weighted by Crippen LogP contribution is 2.65. The Morgan fingerprint density at radius 1 is 1.41 bits per heavy atom. The lowest BCUT2D eigenvalue weighted by molar-refractivity contribution is -0.118. The predicted molar refractivity (Wildman–Crippen MR) is 68.4 cm³/mol. The molecule has 0 spiro atoms. The number of nitrogens with one attached hydrogen (secondary N) is 1. The molecular weight excluding hydrogens is 210 g/mol. The van der Waals surface area contributed by atoms with Gasteiger partial charge >= 0.3 is 0 Å².